The summed E-state index contributed by atoms with van der Waals surface area (Å²) in [7, 11) is 1.63. The lowest BCUT2D eigenvalue weighted by Gasteiger charge is -2.17. The Morgan fingerprint density at radius 1 is 1.10 bits per heavy atom. The number of carbonyl (C=O) groups is 1. The van der Waals surface area contributed by atoms with Crippen molar-refractivity contribution in [2.75, 3.05) is 19.0 Å². The zero-order valence-electron chi connectivity index (χ0n) is 17.3. The fraction of sp³-hybridized carbons (Fsp3) is 0.167. The number of imidazole rings is 1. The molecule has 0 radical (unpaired) electrons. The first-order valence-electron chi connectivity index (χ1n) is 9.96. The van der Waals surface area contributed by atoms with Crippen LogP contribution in [0.3, 0.4) is 0 Å². The number of nitrogens with one attached hydrogen (secondary N) is 2. The van der Waals surface area contributed by atoms with Gasteiger partial charge >= 0.3 is 0 Å². The van der Waals surface area contributed by atoms with Crippen LogP contribution in [0.1, 0.15) is 17.7 Å². The Kier molecular flexibility index (Phi) is 6.43. The summed E-state index contributed by atoms with van der Waals surface area (Å²) in [5.41, 5.74) is 3.20. The Bertz CT molecular complexity index is 1180. The quantitative estimate of drug-likeness (QED) is 0.362. The molecule has 0 unspecified atom stereocenters. The number of hydrogen-bond donors (Lipinski definition) is 2. The van der Waals surface area contributed by atoms with E-state index in [0.29, 0.717) is 23.2 Å². The van der Waals surface area contributed by atoms with Crippen molar-refractivity contribution >= 4 is 34.4 Å². The van der Waals surface area contributed by atoms with E-state index < -0.39 is 5.25 Å². The summed E-state index contributed by atoms with van der Waals surface area (Å²) in [6.45, 7) is 2.43. The number of amides is 1. The minimum Gasteiger partial charge on any atom is -0.497 e. The van der Waals surface area contributed by atoms with Crippen LogP contribution in [0.15, 0.2) is 78.0 Å². The second kappa shape index (κ2) is 9.57. The molecule has 0 saturated carbocycles. The van der Waals surface area contributed by atoms with Gasteiger partial charge in [-0.15, -0.1) is 0 Å². The van der Waals surface area contributed by atoms with E-state index in [2.05, 4.69) is 15.3 Å². The summed E-state index contributed by atoms with van der Waals surface area (Å²) in [5, 5.41) is 3.18. The summed E-state index contributed by atoms with van der Waals surface area (Å²) >= 11 is 1.37. The van der Waals surface area contributed by atoms with Gasteiger partial charge in [-0.1, -0.05) is 54.2 Å². The van der Waals surface area contributed by atoms with Crippen LogP contribution in [-0.2, 0) is 4.79 Å². The van der Waals surface area contributed by atoms with E-state index in [4.69, 9.17) is 9.47 Å². The molecular weight excluding hydrogens is 410 g/mol. The second-order valence-electron chi connectivity index (χ2n) is 6.75. The molecule has 6 nitrogen and oxygen atoms in total. The summed E-state index contributed by atoms with van der Waals surface area (Å²) in [6.07, 6.45) is 0. The topological polar surface area (TPSA) is 76.2 Å². The second-order valence-corrected chi connectivity index (χ2v) is 7.85. The molecule has 0 aliphatic rings. The average Bonchev–Trinajstić information content (AvgIpc) is 3.21. The molecule has 1 atom stereocenters. The standard InChI is InChI=1S/C24H23N3O3S/c1-3-30-21-12-8-7-11-19(21)25-23(28)22(16-9-5-4-6-10-16)31-24-26-18-14-13-17(29-2)15-20(18)27-24/h4-15,22H,3H2,1-2H3,(H,25,28)(H,26,27)/t22-/m1/s1. The average molecular weight is 434 g/mol. The molecule has 1 amide bonds. The van der Waals surface area contributed by atoms with Gasteiger partial charge in [0, 0.05) is 6.07 Å². The van der Waals surface area contributed by atoms with E-state index in [0.717, 1.165) is 22.3 Å². The zero-order chi connectivity index (χ0) is 21.6. The lowest BCUT2D eigenvalue weighted by molar-refractivity contribution is -0.115. The first kappa shape index (κ1) is 20.8. The van der Waals surface area contributed by atoms with Crippen LogP contribution in [0, 0.1) is 0 Å². The van der Waals surface area contributed by atoms with Crippen LogP contribution >= 0.6 is 11.8 Å². The molecule has 0 bridgehead atoms. The van der Waals surface area contributed by atoms with Gasteiger partial charge in [0.2, 0.25) is 5.91 Å². The first-order chi connectivity index (χ1) is 15.2. The highest BCUT2D eigenvalue weighted by molar-refractivity contribution is 8.00. The fourth-order valence-electron chi connectivity index (χ4n) is 3.21. The highest BCUT2D eigenvalue weighted by atomic mass is 32.2. The molecule has 2 N–H and O–H groups in total. The number of aromatic amines is 1. The van der Waals surface area contributed by atoms with Crippen molar-refractivity contribution in [2.45, 2.75) is 17.3 Å². The van der Waals surface area contributed by atoms with Gasteiger partial charge in [0.15, 0.2) is 5.16 Å². The molecule has 4 aromatic rings. The SMILES string of the molecule is CCOc1ccccc1NC(=O)[C@H](Sc1nc2ccc(OC)cc2[nH]1)c1ccccc1. The maximum absolute atomic E-state index is 13.3. The van der Waals surface area contributed by atoms with Crippen LogP contribution in [0.2, 0.25) is 0 Å². The highest BCUT2D eigenvalue weighted by Crippen LogP contribution is 2.37. The van der Waals surface area contributed by atoms with Gasteiger partial charge in [-0.3, -0.25) is 4.79 Å². The summed E-state index contributed by atoms with van der Waals surface area (Å²) in [6, 6.07) is 22.7. The highest BCUT2D eigenvalue weighted by Gasteiger charge is 2.24. The number of anilines is 1. The number of methoxy groups -OCH3 is 1. The molecule has 0 aliphatic carbocycles. The van der Waals surface area contributed by atoms with E-state index >= 15 is 0 Å². The number of ether oxygens (including phenoxy) is 2. The van der Waals surface area contributed by atoms with Crippen molar-refractivity contribution in [3.8, 4) is 11.5 Å². The predicted octanol–water partition coefficient (Wildman–Crippen LogP) is 5.44. The van der Waals surface area contributed by atoms with Gasteiger partial charge in [0.25, 0.3) is 0 Å². The van der Waals surface area contributed by atoms with Crippen LogP contribution < -0.4 is 14.8 Å². The van der Waals surface area contributed by atoms with Crippen molar-refractivity contribution in [3.63, 3.8) is 0 Å². The Morgan fingerprint density at radius 3 is 2.65 bits per heavy atom. The third-order valence-electron chi connectivity index (χ3n) is 4.68. The van der Waals surface area contributed by atoms with Gasteiger partial charge in [-0.25, -0.2) is 4.98 Å². The molecule has 4 rings (SSSR count). The van der Waals surface area contributed by atoms with E-state index in [1.807, 2.05) is 79.7 Å². The number of hydrogen-bond acceptors (Lipinski definition) is 5. The van der Waals surface area contributed by atoms with E-state index in [-0.39, 0.29) is 5.91 Å². The van der Waals surface area contributed by atoms with Gasteiger partial charge in [-0.2, -0.15) is 0 Å². The van der Waals surface area contributed by atoms with Crippen molar-refractivity contribution in [3.05, 3.63) is 78.4 Å². The molecule has 0 fully saturated rings. The van der Waals surface area contributed by atoms with Crippen LogP contribution in [0.5, 0.6) is 11.5 Å². The van der Waals surface area contributed by atoms with E-state index in [1.165, 1.54) is 11.8 Å². The van der Waals surface area contributed by atoms with Crippen LogP contribution in [0.4, 0.5) is 5.69 Å². The number of rotatable bonds is 8. The van der Waals surface area contributed by atoms with Gasteiger partial charge < -0.3 is 19.8 Å². The normalized spacial score (nSPS) is 11.8. The minimum atomic E-state index is -0.502. The Morgan fingerprint density at radius 2 is 1.87 bits per heavy atom. The number of benzene rings is 3. The van der Waals surface area contributed by atoms with Crippen molar-refractivity contribution in [1.82, 2.24) is 9.97 Å². The van der Waals surface area contributed by atoms with Gasteiger partial charge in [0.05, 0.1) is 30.4 Å². The number of aromatic nitrogens is 2. The lowest BCUT2D eigenvalue weighted by Crippen LogP contribution is -2.19. The molecule has 0 saturated heterocycles. The van der Waals surface area contributed by atoms with E-state index in [9.17, 15) is 4.79 Å². The number of carbonyl (C=O) groups excluding carboxylic acids is 1. The number of nitrogens with zero attached hydrogens (tertiary/aromatic N) is 1. The largest absolute Gasteiger partial charge is 0.497 e. The Labute approximate surface area is 185 Å². The zero-order valence-corrected chi connectivity index (χ0v) is 18.1. The summed E-state index contributed by atoms with van der Waals surface area (Å²) in [4.78, 5) is 21.3. The maximum Gasteiger partial charge on any atom is 0.242 e. The molecule has 0 spiro atoms. The monoisotopic (exact) mass is 433 g/mol. The van der Waals surface area contributed by atoms with Crippen molar-refractivity contribution in [1.29, 1.82) is 0 Å². The predicted molar refractivity (Wildman–Crippen MR) is 124 cm³/mol. The van der Waals surface area contributed by atoms with Crippen molar-refractivity contribution < 1.29 is 14.3 Å². The third-order valence-corrected chi connectivity index (χ3v) is 5.82. The maximum atomic E-state index is 13.3. The fourth-order valence-corrected chi connectivity index (χ4v) is 4.21. The lowest BCUT2D eigenvalue weighted by atomic mass is 10.1. The van der Waals surface area contributed by atoms with Gasteiger partial charge in [0.1, 0.15) is 16.7 Å². The molecule has 3 aromatic carbocycles. The number of para-hydroxylation sites is 2. The summed E-state index contributed by atoms with van der Waals surface area (Å²) in [5.74, 6) is 1.24. The van der Waals surface area contributed by atoms with E-state index in [1.54, 1.807) is 7.11 Å². The summed E-state index contributed by atoms with van der Waals surface area (Å²) < 4.78 is 10.9. The molecule has 0 aliphatic heterocycles. The molecule has 158 valence electrons. The van der Waals surface area contributed by atoms with Gasteiger partial charge in [-0.05, 0) is 36.8 Å². The number of thioether (sulfide) groups is 1. The molecule has 1 heterocycles. The first-order valence-corrected chi connectivity index (χ1v) is 10.8. The number of H-pyrrole nitrogens is 1. The molecule has 31 heavy (non-hydrogen) atoms. The van der Waals surface area contributed by atoms with Crippen LogP contribution in [0.25, 0.3) is 11.0 Å². The molecule has 7 heteroatoms. The Balaban J connectivity index is 1.63. The number of fused-ring (bicyclic) bond motifs is 1. The third kappa shape index (κ3) is 4.83. The minimum absolute atomic E-state index is 0.151. The smallest absolute Gasteiger partial charge is 0.242 e. The van der Waals surface area contributed by atoms with Crippen molar-refractivity contribution in [2.24, 2.45) is 0 Å². The Hall–Kier alpha value is -3.45. The molecule has 1 aromatic heterocycles. The molecular formula is C24H23N3O3S. The van der Waals surface area contributed by atoms with Crippen LogP contribution in [-0.4, -0.2) is 29.6 Å².